The average molecular weight is 822 g/mol. The summed E-state index contributed by atoms with van der Waals surface area (Å²) < 4.78 is 8.52. The summed E-state index contributed by atoms with van der Waals surface area (Å²) in [4.78, 5) is 4.69. The molecule has 64 heavy (non-hydrogen) atoms. The fraction of sp³-hybridized carbons (Fsp3) is 0.0333. The highest BCUT2D eigenvalue weighted by Crippen LogP contribution is 2.42. The molecule has 12 rings (SSSR count). The lowest BCUT2D eigenvalue weighted by Crippen LogP contribution is -2.10. The predicted octanol–water partition coefficient (Wildman–Crippen LogP) is 16.8. The molecule has 4 nitrogen and oxygen atoms in total. The molecule has 0 saturated heterocycles. The molecule has 4 heteroatoms. The molecule has 11 aromatic rings. The van der Waals surface area contributed by atoms with Gasteiger partial charge in [-0.1, -0.05) is 121 Å². The van der Waals surface area contributed by atoms with Gasteiger partial charge in [-0.15, -0.1) is 0 Å². The summed E-state index contributed by atoms with van der Waals surface area (Å²) in [5, 5.41) is 3.58. The molecule has 0 spiro atoms. The Morgan fingerprint density at radius 3 is 1.48 bits per heavy atom. The maximum Gasteiger partial charge on any atom is 0.135 e. The van der Waals surface area contributed by atoms with E-state index in [4.69, 9.17) is 4.42 Å². The van der Waals surface area contributed by atoms with Crippen LogP contribution in [0.2, 0.25) is 0 Å². The highest BCUT2D eigenvalue weighted by atomic mass is 16.3. The standard InChI is InChI=1S/C60H43N3O/c1-4-14-46(15-5-1)61(50-35-28-44(29-36-50)45-30-39-60-56(40-45)54-21-11-13-23-59(54)64-60)49-31-24-42(25-32-49)43-26-33-51(34-27-43)62(47-16-6-2-7-17-47)52-37-38-58-55(41-52)53-20-10-12-22-57(53)63(58)48-18-8-3-9-19-48/h1-9,11-19,21-41H,10,20H2. The van der Waals surface area contributed by atoms with Crippen LogP contribution < -0.4 is 9.80 Å². The number of aromatic nitrogens is 1. The largest absolute Gasteiger partial charge is 0.456 e. The monoisotopic (exact) mass is 821 g/mol. The summed E-state index contributed by atoms with van der Waals surface area (Å²) in [6.07, 6.45) is 6.68. The Bertz CT molecular complexity index is 3460. The summed E-state index contributed by atoms with van der Waals surface area (Å²) in [6, 6.07) is 80.4. The van der Waals surface area contributed by atoms with Crippen molar-refractivity contribution in [1.82, 2.24) is 4.57 Å². The van der Waals surface area contributed by atoms with Gasteiger partial charge in [-0.2, -0.15) is 0 Å². The van der Waals surface area contributed by atoms with Crippen LogP contribution in [0.25, 0.3) is 66.9 Å². The van der Waals surface area contributed by atoms with E-state index in [1.807, 2.05) is 12.1 Å². The maximum atomic E-state index is 6.10. The summed E-state index contributed by atoms with van der Waals surface area (Å²) in [5.41, 5.74) is 18.2. The Morgan fingerprint density at radius 2 is 0.859 bits per heavy atom. The van der Waals surface area contributed by atoms with Gasteiger partial charge in [0, 0.05) is 61.7 Å². The molecule has 0 N–H and O–H groups in total. The molecule has 2 heterocycles. The van der Waals surface area contributed by atoms with Crippen LogP contribution in [-0.2, 0) is 6.42 Å². The third-order valence-electron chi connectivity index (χ3n) is 12.7. The molecule has 0 bridgehead atoms. The number of benzene rings is 9. The van der Waals surface area contributed by atoms with Gasteiger partial charge in [0.25, 0.3) is 0 Å². The van der Waals surface area contributed by atoms with Crippen LogP contribution >= 0.6 is 0 Å². The topological polar surface area (TPSA) is 24.6 Å². The first-order valence-electron chi connectivity index (χ1n) is 22.1. The molecule has 1 aliphatic carbocycles. The average Bonchev–Trinajstić information content (AvgIpc) is 3.91. The number of allylic oxidation sites excluding steroid dienone is 1. The van der Waals surface area contributed by atoms with Crippen molar-refractivity contribution in [3.63, 3.8) is 0 Å². The van der Waals surface area contributed by atoms with Crippen LogP contribution in [0, 0.1) is 0 Å². The molecule has 0 saturated carbocycles. The smallest absolute Gasteiger partial charge is 0.135 e. The zero-order valence-corrected chi connectivity index (χ0v) is 35.2. The van der Waals surface area contributed by atoms with E-state index in [9.17, 15) is 0 Å². The molecule has 0 aliphatic heterocycles. The van der Waals surface area contributed by atoms with E-state index in [1.54, 1.807) is 0 Å². The Morgan fingerprint density at radius 1 is 0.375 bits per heavy atom. The number of fused-ring (bicyclic) bond motifs is 6. The van der Waals surface area contributed by atoms with Crippen molar-refractivity contribution in [3.8, 4) is 27.9 Å². The predicted molar refractivity (Wildman–Crippen MR) is 268 cm³/mol. The number of nitrogens with zero attached hydrogens (tertiary/aromatic N) is 3. The fourth-order valence-electron chi connectivity index (χ4n) is 9.58. The van der Waals surface area contributed by atoms with Gasteiger partial charge in [0.2, 0.25) is 0 Å². The van der Waals surface area contributed by atoms with Crippen LogP contribution in [-0.4, -0.2) is 4.57 Å². The summed E-state index contributed by atoms with van der Waals surface area (Å²) in [5.74, 6) is 0. The number of hydrogen-bond donors (Lipinski definition) is 0. The van der Waals surface area contributed by atoms with Crippen LogP contribution in [0.5, 0.6) is 0 Å². The summed E-state index contributed by atoms with van der Waals surface area (Å²) in [6.45, 7) is 0. The molecule has 0 unspecified atom stereocenters. The lowest BCUT2D eigenvalue weighted by Gasteiger charge is -2.26. The molecule has 0 amide bonds. The lowest BCUT2D eigenvalue weighted by atomic mass is 10.00. The maximum absolute atomic E-state index is 6.10. The van der Waals surface area contributed by atoms with Gasteiger partial charge >= 0.3 is 0 Å². The van der Waals surface area contributed by atoms with E-state index < -0.39 is 0 Å². The van der Waals surface area contributed by atoms with Crippen LogP contribution in [0.15, 0.2) is 235 Å². The lowest BCUT2D eigenvalue weighted by molar-refractivity contribution is 0.669. The van der Waals surface area contributed by atoms with Gasteiger partial charge in [-0.25, -0.2) is 0 Å². The first kappa shape index (κ1) is 37.4. The van der Waals surface area contributed by atoms with Crippen LogP contribution in [0.4, 0.5) is 34.1 Å². The van der Waals surface area contributed by atoms with Crippen molar-refractivity contribution < 1.29 is 4.42 Å². The summed E-state index contributed by atoms with van der Waals surface area (Å²) in [7, 11) is 0. The van der Waals surface area contributed by atoms with Crippen molar-refractivity contribution >= 4 is 73.0 Å². The van der Waals surface area contributed by atoms with Crippen LogP contribution in [0.1, 0.15) is 17.7 Å². The van der Waals surface area contributed by atoms with Crippen molar-refractivity contribution in [2.45, 2.75) is 12.8 Å². The number of rotatable bonds is 9. The second-order valence-corrected chi connectivity index (χ2v) is 16.5. The Balaban J connectivity index is 0.855. The van der Waals surface area contributed by atoms with Crippen molar-refractivity contribution in [2.75, 3.05) is 9.80 Å². The van der Waals surface area contributed by atoms with Gasteiger partial charge in [-0.3, -0.25) is 0 Å². The van der Waals surface area contributed by atoms with Gasteiger partial charge in [0.05, 0.1) is 5.52 Å². The quantitative estimate of drug-likeness (QED) is 0.145. The second-order valence-electron chi connectivity index (χ2n) is 16.5. The van der Waals surface area contributed by atoms with E-state index in [0.29, 0.717) is 0 Å². The normalized spacial score (nSPS) is 12.2. The third kappa shape index (κ3) is 6.64. The zero-order chi connectivity index (χ0) is 42.4. The summed E-state index contributed by atoms with van der Waals surface area (Å²) >= 11 is 0. The molecule has 2 aromatic heterocycles. The minimum absolute atomic E-state index is 0.908. The highest BCUT2D eigenvalue weighted by Gasteiger charge is 2.21. The van der Waals surface area contributed by atoms with Crippen molar-refractivity contribution in [1.29, 1.82) is 0 Å². The Kier molecular flexibility index (Phi) is 9.27. The zero-order valence-electron chi connectivity index (χ0n) is 35.2. The molecular weight excluding hydrogens is 779 g/mol. The highest BCUT2D eigenvalue weighted by molar-refractivity contribution is 6.06. The van der Waals surface area contributed by atoms with E-state index >= 15 is 0 Å². The molecule has 0 fully saturated rings. The Hall–Kier alpha value is -8.34. The van der Waals surface area contributed by atoms with Crippen molar-refractivity contribution in [2.24, 2.45) is 0 Å². The van der Waals surface area contributed by atoms with Gasteiger partial charge < -0.3 is 18.8 Å². The van der Waals surface area contributed by atoms with Gasteiger partial charge in [-0.05, 0) is 156 Å². The van der Waals surface area contributed by atoms with Crippen molar-refractivity contribution in [3.05, 3.63) is 242 Å². The molecule has 0 atom stereocenters. The molecule has 1 aliphatic rings. The Labute approximate surface area is 372 Å². The number of furan rings is 1. The van der Waals surface area contributed by atoms with E-state index in [0.717, 1.165) is 91.2 Å². The molecule has 0 radical (unpaired) electrons. The first-order chi connectivity index (χ1) is 31.7. The van der Waals surface area contributed by atoms with E-state index in [1.165, 1.54) is 27.8 Å². The third-order valence-corrected chi connectivity index (χ3v) is 12.7. The minimum atomic E-state index is 0.908. The SMILES string of the molecule is C1=Cc2c(c3cc(N(c4ccccc4)c4ccc(-c5ccc(N(c6ccccc6)c6ccc(-c7ccc8oc9ccccc9c8c7)cc6)cc5)cc4)ccc3n2-c2ccccc2)CC1. The first-order valence-corrected chi connectivity index (χ1v) is 22.1. The molecular formula is C60H43N3O. The number of para-hydroxylation sites is 4. The number of anilines is 6. The van der Waals surface area contributed by atoms with E-state index in [2.05, 4.69) is 239 Å². The second kappa shape index (κ2) is 15.8. The van der Waals surface area contributed by atoms with Gasteiger partial charge in [0.15, 0.2) is 0 Å². The van der Waals surface area contributed by atoms with Crippen LogP contribution in [0.3, 0.4) is 0 Å². The number of hydrogen-bond acceptors (Lipinski definition) is 3. The fourth-order valence-corrected chi connectivity index (χ4v) is 9.58. The van der Waals surface area contributed by atoms with Gasteiger partial charge in [0.1, 0.15) is 11.2 Å². The number of aryl methyl sites for hydroxylation is 1. The molecule has 304 valence electrons. The molecule has 9 aromatic carbocycles. The minimum Gasteiger partial charge on any atom is -0.456 e. The van der Waals surface area contributed by atoms with E-state index in [-0.39, 0.29) is 0 Å².